The van der Waals surface area contributed by atoms with E-state index in [2.05, 4.69) is 9.97 Å². The maximum absolute atomic E-state index is 11.4. The van der Waals surface area contributed by atoms with Crippen molar-refractivity contribution in [3.05, 3.63) is 12.3 Å². The lowest BCUT2D eigenvalue weighted by molar-refractivity contribution is -0.150. The van der Waals surface area contributed by atoms with Crippen LogP contribution in [0.25, 0.3) is 0 Å². The van der Waals surface area contributed by atoms with E-state index in [1.165, 1.54) is 19.4 Å². The summed E-state index contributed by atoms with van der Waals surface area (Å²) in [6, 6.07) is 1.59. The summed E-state index contributed by atoms with van der Waals surface area (Å²) < 4.78 is 33.6. The third-order valence-corrected chi connectivity index (χ3v) is 4.13. The molecule has 0 spiro atoms. The van der Waals surface area contributed by atoms with Crippen LogP contribution in [0.1, 0.15) is 6.92 Å². The van der Waals surface area contributed by atoms with E-state index in [-0.39, 0.29) is 36.0 Å². The van der Waals surface area contributed by atoms with Crippen LogP contribution in [-0.2, 0) is 30.2 Å². The summed E-state index contributed by atoms with van der Waals surface area (Å²) in [5, 5.41) is 0.207. The van der Waals surface area contributed by atoms with E-state index in [9.17, 15) is 9.35 Å². The molecule has 22 heavy (non-hydrogen) atoms. The Labute approximate surface area is 130 Å². The summed E-state index contributed by atoms with van der Waals surface area (Å²) in [6.07, 6.45) is 1.55. The van der Waals surface area contributed by atoms with Crippen molar-refractivity contribution in [2.75, 3.05) is 19.5 Å². The van der Waals surface area contributed by atoms with Crippen LogP contribution in [0.5, 0.6) is 5.88 Å². The molecule has 0 aromatic carbocycles. The lowest BCUT2D eigenvalue weighted by Crippen LogP contribution is -2.36. The first-order valence-corrected chi connectivity index (χ1v) is 8.34. The summed E-state index contributed by atoms with van der Waals surface area (Å²) in [7, 11) is 0. The molecule has 1 aromatic rings. The van der Waals surface area contributed by atoms with Crippen LogP contribution in [0.3, 0.4) is 0 Å². The van der Waals surface area contributed by atoms with Crippen LogP contribution < -0.4 is 4.74 Å². The summed E-state index contributed by atoms with van der Waals surface area (Å²) >= 11 is -1.28. The molecule has 2 unspecified atom stereocenters. The molecule has 0 amide bonds. The fourth-order valence-corrected chi connectivity index (χ4v) is 2.96. The second kappa shape index (κ2) is 6.37. The van der Waals surface area contributed by atoms with Crippen molar-refractivity contribution in [1.82, 2.24) is 9.97 Å². The first kappa shape index (κ1) is 15.5. The van der Waals surface area contributed by atoms with Crippen LogP contribution in [0.15, 0.2) is 17.4 Å². The monoisotopic (exact) mass is 328 g/mol. The molecule has 0 aliphatic carbocycles. The van der Waals surface area contributed by atoms with Crippen LogP contribution >= 0.6 is 0 Å². The van der Waals surface area contributed by atoms with Gasteiger partial charge in [-0.3, -0.25) is 4.79 Å². The van der Waals surface area contributed by atoms with Gasteiger partial charge in [-0.15, -0.1) is 4.98 Å². The summed E-state index contributed by atoms with van der Waals surface area (Å²) in [6.45, 7) is 1.94. The first-order chi connectivity index (χ1) is 10.5. The van der Waals surface area contributed by atoms with Crippen LogP contribution in [-0.4, -0.2) is 64.4 Å². The minimum atomic E-state index is -1.28. The van der Waals surface area contributed by atoms with Crippen LogP contribution in [0.2, 0.25) is 0 Å². The third-order valence-electron chi connectivity index (χ3n) is 3.42. The van der Waals surface area contributed by atoms with Gasteiger partial charge in [0, 0.05) is 30.4 Å². The molecule has 2 saturated heterocycles. The van der Waals surface area contributed by atoms with Gasteiger partial charge in [0.2, 0.25) is 5.88 Å². The highest BCUT2D eigenvalue weighted by atomic mass is 32.2. The third kappa shape index (κ3) is 3.17. The Hall–Kier alpha value is -1.42. The lowest BCUT2D eigenvalue weighted by Gasteiger charge is -2.17. The molecule has 8 nitrogen and oxygen atoms in total. The number of fused-ring (bicyclic) bond motifs is 1. The Bertz CT molecular complexity index is 557. The molecule has 3 heterocycles. The molecule has 2 aliphatic heterocycles. The van der Waals surface area contributed by atoms with E-state index < -0.39 is 17.3 Å². The molecule has 5 atom stereocenters. The number of nitrogens with zero attached hydrogens (tertiary/aromatic N) is 2. The number of carbonyl (C=O) groups excluding carboxylic acids is 1. The van der Waals surface area contributed by atoms with Gasteiger partial charge in [-0.25, -0.2) is 0 Å². The molecule has 2 fully saturated rings. The van der Waals surface area contributed by atoms with E-state index in [0.29, 0.717) is 12.5 Å². The molecule has 0 saturated carbocycles. The van der Waals surface area contributed by atoms with Crippen LogP contribution in [0, 0.1) is 0 Å². The number of carbonyl (C=O) groups is 1. The minimum Gasteiger partial charge on any atom is -0.609 e. The number of rotatable bonds is 4. The van der Waals surface area contributed by atoms with Gasteiger partial charge in [-0.05, 0) is 0 Å². The smallest absolute Gasteiger partial charge is 0.345 e. The predicted octanol–water partition coefficient (Wildman–Crippen LogP) is -0.309. The molecule has 120 valence electrons. The van der Waals surface area contributed by atoms with Gasteiger partial charge in [-0.2, -0.15) is 4.98 Å². The first-order valence-electron chi connectivity index (χ1n) is 6.78. The average molecular weight is 328 g/mol. The quantitative estimate of drug-likeness (QED) is 0.421. The van der Waals surface area contributed by atoms with Crippen molar-refractivity contribution in [3.8, 4) is 5.88 Å². The predicted molar refractivity (Wildman–Crippen MR) is 73.8 cm³/mol. The van der Waals surface area contributed by atoms with E-state index in [1.54, 1.807) is 6.07 Å². The van der Waals surface area contributed by atoms with Gasteiger partial charge < -0.3 is 23.5 Å². The number of hydrogen-bond acceptors (Lipinski definition) is 8. The Kier molecular flexibility index (Phi) is 4.48. The van der Waals surface area contributed by atoms with Gasteiger partial charge in [0.05, 0.1) is 13.2 Å². The van der Waals surface area contributed by atoms with Crippen molar-refractivity contribution in [3.63, 3.8) is 0 Å². The summed E-state index contributed by atoms with van der Waals surface area (Å²) in [5.41, 5.74) is 0. The normalized spacial score (nSPS) is 31.6. The fourth-order valence-electron chi connectivity index (χ4n) is 2.53. The Morgan fingerprint density at radius 3 is 2.73 bits per heavy atom. The Morgan fingerprint density at radius 1 is 1.36 bits per heavy atom. The van der Waals surface area contributed by atoms with Crippen molar-refractivity contribution in [2.45, 2.75) is 36.5 Å². The van der Waals surface area contributed by atoms with E-state index in [0.717, 1.165) is 0 Å². The molecular weight excluding hydrogens is 312 g/mol. The number of esters is 1. The van der Waals surface area contributed by atoms with Crippen molar-refractivity contribution >= 4 is 17.1 Å². The van der Waals surface area contributed by atoms with Crippen molar-refractivity contribution < 1.29 is 28.3 Å². The second-order valence-electron chi connectivity index (χ2n) is 5.03. The molecule has 3 rings (SSSR count). The average Bonchev–Trinajstić information content (AvgIpc) is 3.03. The zero-order valence-corrected chi connectivity index (χ0v) is 12.9. The second-order valence-corrected chi connectivity index (χ2v) is 6.31. The molecule has 0 bridgehead atoms. The van der Waals surface area contributed by atoms with Crippen LogP contribution in [0.4, 0.5) is 0 Å². The summed E-state index contributed by atoms with van der Waals surface area (Å²) in [4.78, 5) is 19.1. The highest BCUT2D eigenvalue weighted by molar-refractivity contribution is 7.90. The van der Waals surface area contributed by atoms with Crippen molar-refractivity contribution in [2.24, 2.45) is 0 Å². The highest BCUT2D eigenvalue weighted by Gasteiger charge is 2.50. The zero-order valence-electron chi connectivity index (χ0n) is 12.1. The molecule has 9 heteroatoms. The highest BCUT2D eigenvalue weighted by Crippen LogP contribution is 2.31. The van der Waals surface area contributed by atoms with Gasteiger partial charge in [-0.1, -0.05) is 0 Å². The maximum atomic E-state index is 11.4. The topological polar surface area (TPSA) is 103 Å². The number of ether oxygens (including phenoxy) is 4. The van der Waals surface area contributed by atoms with Gasteiger partial charge >= 0.3 is 11.1 Å². The van der Waals surface area contributed by atoms with Crippen molar-refractivity contribution in [1.29, 1.82) is 0 Å². The lowest BCUT2D eigenvalue weighted by atomic mass is 10.1. The summed E-state index contributed by atoms with van der Waals surface area (Å²) in [5.74, 6) is -0.0536. The van der Waals surface area contributed by atoms with E-state index in [1.807, 2.05) is 0 Å². The number of aromatic nitrogens is 2. The number of hydrogen-bond donors (Lipinski definition) is 0. The standard InChI is InChI=1S/C13H16N2O6S/c1-7(16)20-8-5-18-12-9(6-19-11(8)12)21-10-3-4-14-13(15-10)22(2)17/h3-4,8-9,11-12H,5-6H2,1-2H3/t8-,9-,11+,12?,22?/m0/s1. The molecule has 1 aromatic heterocycles. The molecule has 2 aliphatic rings. The zero-order chi connectivity index (χ0) is 15.7. The largest absolute Gasteiger partial charge is 0.609 e. The van der Waals surface area contributed by atoms with E-state index in [4.69, 9.17) is 18.9 Å². The SMILES string of the molecule is CC(=O)O[C@H]1COC2[C@@H](Oc3ccnc([S+](C)[O-])n3)CO[C@@H]21. The molecular formula is C13H16N2O6S. The Balaban J connectivity index is 1.65. The molecule has 0 radical (unpaired) electrons. The van der Waals surface area contributed by atoms with Gasteiger partial charge in [0.25, 0.3) is 0 Å². The van der Waals surface area contributed by atoms with E-state index >= 15 is 0 Å². The fraction of sp³-hybridized carbons (Fsp3) is 0.615. The molecule has 0 N–H and O–H groups in total. The maximum Gasteiger partial charge on any atom is 0.345 e. The Morgan fingerprint density at radius 2 is 2.05 bits per heavy atom. The van der Waals surface area contributed by atoms with Gasteiger partial charge in [0.1, 0.15) is 18.5 Å². The minimum absolute atomic E-state index is 0.207. The van der Waals surface area contributed by atoms with Gasteiger partial charge in [0.15, 0.2) is 12.2 Å².